The van der Waals surface area contributed by atoms with Crippen molar-refractivity contribution in [3.8, 4) is 11.8 Å². The molecule has 0 aromatic heterocycles. The van der Waals surface area contributed by atoms with E-state index in [2.05, 4.69) is 17.0 Å². The molecule has 0 aliphatic carbocycles. The fourth-order valence-corrected chi connectivity index (χ4v) is 4.22. The molecule has 35 heavy (non-hydrogen) atoms. The molecule has 0 N–H and O–H groups in total. The van der Waals surface area contributed by atoms with Gasteiger partial charge in [0.05, 0.1) is 31.5 Å². The van der Waals surface area contributed by atoms with Crippen LogP contribution in [0.25, 0.3) is 0 Å². The molecule has 0 unspecified atom stereocenters. The number of amides is 1. The van der Waals surface area contributed by atoms with E-state index in [0.29, 0.717) is 25.3 Å². The van der Waals surface area contributed by atoms with E-state index in [1.165, 1.54) is 0 Å². The van der Waals surface area contributed by atoms with Crippen molar-refractivity contribution in [3.05, 3.63) is 101 Å². The van der Waals surface area contributed by atoms with Crippen molar-refractivity contribution in [1.29, 1.82) is 5.26 Å². The molecule has 6 nitrogen and oxygen atoms in total. The molecule has 0 radical (unpaired) electrons. The van der Waals surface area contributed by atoms with E-state index in [0.717, 1.165) is 47.6 Å². The van der Waals surface area contributed by atoms with Gasteiger partial charge in [0.25, 0.3) is 5.91 Å². The highest BCUT2D eigenvalue weighted by atomic mass is 16.5. The highest BCUT2D eigenvalue weighted by Crippen LogP contribution is 2.25. The minimum absolute atomic E-state index is 0.0889. The van der Waals surface area contributed by atoms with Crippen LogP contribution in [0.2, 0.25) is 0 Å². The summed E-state index contributed by atoms with van der Waals surface area (Å²) in [6.07, 6.45) is -0.153. The van der Waals surface area contributed by atoms with Gasteiger partial charge in [-0.3, -0.25) is 9.69 Å². The number of methoxy groups -OCH3 is 1. The van der Waals surface area contributed by atoms with Crippen molar-refractivity contribution in [2.24, 2.45) is 0 Å². The number of carbonyl (C=O) groups is 1. The maximum atomic E-state index is 12.9. The Morgan fingerprint density at radius 2 is 1.71 bits per heavy atom. The molecule has 0 saturated carbocycles. The summed E-state index contributed by atoms with van der Waals surface area (Å²) >= 11 is 0. The minimum Gasteiger partial charge on any atom is -0.497 e. The van der Waals surface area contributed by atoms with Crippen LogP contribution < -0.4 is 4.74 Å². The summed E-state index contributed by atoms with van der Waals surface area (Å²) in [5.74, 6) is 0.883. The highest BCUT2D eigenvalue weighted by molar-refractivity contribution is 5.94. The zero-order chi connectivity index (χ0) is 24.6. The topological polar surface area (TPSA) is 65.8 Å². The van der Waals surface area contributed by atoms with Crippen molar-refractivity contribution in [2.45, 2.75) is 19.6 Å². The second kappa shape index (κ2) is 11.7. The lowest BCUT2D eigenvalue weighted by Gasteiger charge is -2.36. The summed E-state index contributed by atoms with van der Waals surface area (Å²) < 4.78 is 11.8. The summed E-state index contributed by atoms with van der Waals surface area (Å²) in [5, 5.41) is 9.03. The Bertz CT molecular complexity index is 1160. The molecular weight excluding hydrogens is 438 g/mol. The normalized spacial score (nSPS) is 14.8. The molecule has 0 bridgehead atoms. The van der Waals surface area contributed by atoms with E-state index in [9.17, 15) is 4.79 Å². The van der Waals surface area contributed by atoms with Crippen LogP contribution in [0.5, 0.6) is 5.75 Å². The van der Waals surface area contributed by atoms with Gasteiger partial charge in [-0.15, -0.1) is 0 Å². The van der Waals surface area contributed by atoms with Crippen molar-refractivity contribution < 1.29 is 14.3 Å². The molecule has 1 atom stereocenters. The molecule has 1 aliphatic heterocycles. The first kappa shape index (κ1) is 24.5. The molecule has 3 aromatic carbocycles. The third-order valence-electron chi connectivity index (χ3n) is 6.38. The Kier molecular flexibility index (Phi) is 8.15. The molecule has 180 valence electrons. The zero-order valence-electron chi connectivity index (χ0n) is 20.3. The number of piperazine rings is 1. The molecule has 1 saturated heterocycles. The van der Waals surface area contributed by atoms with Crippen LogP contribution in [-0.4, -0.2) is 55.5 Å². The average molecular weight is 470 g/mol. The maximum absolute atomic E-state index is 12.9. The Morgan fingerprint density at radius 3 is 2.37 bits per heavy atom. The van der Waals surface area contributed by atoms with Gasteiger partial charge in [0.1, 0.15) is 5.75 Å². The number of hydrogen-bond acceptors (Lipinski definition) is 5. The van der Waals surface area contributed by atoms with Gasteiger partial charge < -0.3 is 14.4 Å². The number of hydrogen-bond donors (Lipinski definition) is 0. The second-order valence-electron chi connectivity index (χ2n) is 8.84. The quantitative estimate of drug-likeness (QED) is 0.483. The van der Waals surface area contributed by atoms with E-state index in [1.807, 2.05) is 78.6 Å². The Hall–Kier alpha value is -3.66. The zero-order valence-corrected chi connectivity index (χ0v) is 20.3. The number of carbonyl (C=O) groups excluding carboxylic acids is 1. The van der Waals surface area contributed by atoms with Gasteiger partial charge in [0.2, 0.25) is 0 Å². The van der Waals surface area contributed by atoms with Crippen LogP contribution in [0.4, 0.5) is 0 Å². The predicted octanol–water partition coefficient (Wildman–Crippen LogP) is 4.59. The van der Waals surface area contributed by atoms with E-state index < -0.39 is 0 Å². The standard InChI is InChI=1S/C29H31N3O3/c1-22-6-12-25(13-7-22)29(33)32-16-14-31(15-17-32)20-28(26-4-3-5-27(18-26)34-2)35-21-24-10-8-23(19-30)9-11-24/h3-13,18,28H,14-17,20-21H2,1-2H3/t28-/m0/s1. The van der Waals surface area contributed by atoms with Crippen LogP contribution in [0, 0.1) is 18.3 Å². The summed E-state index contributed by atoms with van der Waals surface area (Å²) in [6.45, 7) is 6.14. The van der Waals surface area contributed by atoms with Gasteiger partial charge in [0, 0.05) is 38.3 Å². The van der Waals surface area contributed by atoms with Crippen molar-refractivity contribution in [3.63, 3.8) is 0 Å². The number of nitriles is 1. The van der Waals surface area contributed by atoms with E-state index in [4.69, 9.17) is 14.7 Å². The molecular formula is C29H31N3O3. The van der Waals surface area contributed by atoms with Crippen LogP contribution in [0.15, 0.2) is 72.8 Å². The van der Waals surface area contributed by atoms with Gasteiger partial charge in [-0.2, -0.15) is 5.26 Å². The van der Waals surface area contributed by atoms with Crippen LogP contribution in [0.1, 0.15) is 38.7 Å². The lowest BCUT2D eigenvalue weighted by atomic mass is 10.1. The number of aryl methyl sites for hydroxylation is 1. The molecule has 6 heteroatoms. The highest BCUT2D eigenvalue weighted by Gasteiger charge is 2.25. The van der Waals surface area contributed by atoms with Crippen molar-refractivity contribution >= 4 is 5.91 Å². The molecule has 0 spiro atoms. The van der Waals surface area contributed by atoms with Crippen LogP contribution >= 0.6 is 0 Å². The maximum Gasteiger partial charge on any atom is 0.253 e. The average Bonchev–Trinajstić information content (AvgIpc) is 2.91. The Morgan fingerprint density at radius 1 is 1.00 bits per heavy atom. The lowest BCUT2D eigenvalue weighted by molar-refractivity contribution is 0.00333. The smallest absolute Gasteiger partial charge is 0.253 e. The van der Waals surface area contributed by atoms with Gasteiger partial charge in [0.15, 0.2) is 0 Å². The Balaban J connectivity index is 1.40. The third kappa shape index (κ3) is 6.48. The summed E-state index contributed by atoms with van der Waals surface area (Å²) in [5.41, 5.74) is 4.60. The number of rotatable bonds is 8. The third-order valence-corrected chi connectivity index (χ3v) is 6.38. The molecule has 1 amide bonds. The Labute approximate surface area is 207 Å². The SMILES string of the molecule is COc1cccc([C@H](CN2CCN(C(=O)c3ccc(C)cc3)CC2)OCc2ccc(C#N)cc2)c1. The van der Waals surface area contributed by atoms with Crippen molar-refractivity contribution in [2.75, 3.05) is 39.8 Å². The van der Waals surface area contributed by atoms with E-state index in [1.54, 1.807) is 7.11 Å². The number of benzene rings is 3. The van der Waals surface area contributed by atoms with E-state index >= 15 is 0 Å². The van der Waals surface area contributed by atoms with Crippen molar-refractivity contribution in [1.82, 2.24) is 9.80 Å². The number of ether oxygens (including phenoxy) is 2. The van der Waals surface area contributed by atoms with Crippen LogP contribution in [0.3, 0.4) is 0 Å². The van der Waals surface area contributed by atoms with Gasteiger partial charge >= 0.3 is 0 Å². The van der Waals surface area contributed by atoms with Gasteiger partial charge in [-0.05, 0) is 54.4 Å². The molecule has 4 rings (SSSR count). The van der Waals surface area contributed by atoms with Gasteiger partial charge in [-0.1, -0.05) is 42.0 Å². The first-order valence-electron chi connectivity index (χ1n) is 11.9. The first-order chi connectivity index (χ1) is 17.1. The predicted molar refractivity (Wildman–Crippen MR) is 135 cm³/mol. The minimum atomic E-state index is -0.153. The van der Waals surface area contributed by atoms with E-state index in [-0.39, 0.29) is 12.0 Å². The van der Waals surface area contributed by atoms with Gasteiger partial charge in [-0.25, -0.2) is 0 Å². The molecule has 1 aliphatic rings. The molecule has 1 heterocycles. The molecule has 3 aromatic rings. The summed E-state index contributed by atoms with van der Waals surface area (Å²) in [7, 11) is 1.66. The lowest BCUT2D eigenvalue weighted by Crippen LogP contribution is -2.49. The fourth-order valence-electron chi connectivity index (χ4n) is 4.22. The monoisotopic (exact) mass is 469 g/mol. The summed E-state index contributed by atoms with van der Waals surface area (Å²) in [4.78, 5) is 17.2. The first-order valence-corrected chi connectivity index (χ1v) is 11.9. The fraction of sp³-hybridized carbons (Fsp3) is 0.310. The molecule has 1 fully saturated rings. The van der Waals surface area contributed by atoms with Crippen LogP contribution in [-0.2, 0) is 11.3 Å². The largest absolute Gasteiger partial charge is 0.497 e. The second-order valence-corrected chi connectivity index (χ2v) is 8.84. The summed E-state index contributed by atoms with van der Waals surface area (Å²) in [6, 6.07) is 25.4. The number of nitrogens with zero attached hydrogens (tertiary/aromatic N) is 3.